The first kappa shape index (κ1) is 30.0. The van der Waals surface area contributed by atoms with Crippen molar-refractivity contribution in [2.75, 3.05) is 0 Å². The van der Waals surface area contributed by atoms with E-state index in [-0.39, 0.29) is 0 Å². The molecular formula is C42H18B2Cl2N12. The van der Waals surface area contributed by atoms with Crippen molar-refractivity contribution in [3.8, 4) is 0 Å². The van der Waals surface area contributed by atoms with Gasteiger partial charge in [-0.15, -0.1) is 22.9 Å². The van der Waals surface area contributed by atoms with Crippen LogP contribution in [0.1, 0.15) is 22.3 Å². The van der Waals surface area contributed by atoms with E-state index in [4.69, 9.17) is 62.9 Å². The fourth-order valence-electron chi connectivity index (χ4n) is 9.61. The van der Waals surface area contributed by atoms with E-state index in [1.54, 1.807) is 0 Å². The maximum atomic E-state index is 7.64. The topological polar surface area (TPSA) is 119 Å². The lowest BCUT2D eigenvalue weighted by Gasteiger charge is -2.18. The molecule has 16 heteroatoms. The van der Waals surface area contributed by atoms with Crippen LogP contribution in [0.5, 0.6) is 0 Å². The van der Waals surface area contributed by atoms with Crippen molar-refractivity contribution in [2.45, 2.75) is 0 Å². The summed E-state index contributed by atoms with van der Waals surface area (Å²) in [5.41, 5.74) is 6.22. The number of hydrogen-bond acceptors (Lipinski definition) is 8. The van der Waals surface area contributed by atoms with Crippen molar-refractivity contribution in [3.05, 3.63) is 153 Å². The third-order valence-electron chi connectivity index (χ3n) is 12.1. The minimum absolute atomic E-state index is 0.508. The van der Waals surface area contributed by atoms with Gasteiger partial charge in [0.25, 0.3) is 0 Å². The van der Waals surface area contributed by atoms with Crippen molar-refractivity contribution in [1.82, 2.24) is 17.9 Å². The van der Waals surface area contributed by atoms with Gasteiger partial charge in [-0.05, 0) is 12.1 Å². The number of benzene rings is 5. The average Bonchev–Trinajstić information content (AvgIpc) is 4.08. The Morgan fingerprint density at radius 3 is 1.12 bits per heavy atom. The number of amidine groups is 4. The quantitative estimate of drug-likeness (QED) is 0.163. The molecule has 4 aromatic heterocycles. The minimum atomic E-state index is -0.739. The second kappa shape index (κ2) is 10.0. The first-order valence-electron chi connectivity index (χ1n) is 18.8. The summed E-state index contributed by atoms with van der Waals surface area (Å²) in [6, 6.07) is 36.7. The Morgan fingerprint density at radius 2 is 0.638 bits per heavy atom. The van der Waals surface area contributed by atoms with Crippen LogP contribution in [-0.2, 0) is 0 Å². The molecule has 12 nitrogen and oxygen atoms in total. The zero-order valence-electron chi connectivity index (χ0n) is 29.7. The maximum Gasteiger partial charge on any atom is 0.499 e. The molecule has 266 valence electrons. The van der Waals surface area contributed by atoms with Gasteiger partial charge < -0.3 is 17.9 Å². The minimum Gasteiger partial charge on any atom is -0.319 e. The summed E-state index contributed by atoms with van der Waals surface area (Å²) in [4.78, 5) is 42.1. The van der Waals surface area contributed by atoms with Gasteiger partial charge in [0.15, 0.2) is 23.3 Å². The van der Waals surface area contributed by atoms with E-state index in [0.29, 0.717) is 57.3 Å². The third-order valence-corrected chi connectivity index (χ3v) is 12.9. The lowest BCUT2D eigenvalue weighted by molar-refractivity contribution is 0.938. The first-order valence-corrected chi connectivity index (χ1v) is 19.7. The molecule has 0 saturated heterocycles. The molecule has 6 aliphatic heterocycles. The third kappa shape index (κ3) is 3.42. The molecule has 0 atom stereocenters. The van der Waals surface area contributed by atoms with Crippen LogP contribution in [0.2, 0.25) is 0 Å². The van der Waals surface area contributed by atoms with Crippen LogP contribution >= 0.6 is 22.9 Å². The van der Waals surface area contributed by atoms with E-state index in [2.05, 4.69) is 48.5 Å². The van der Waals surface area contributed by atoms with E-state index in [1.807, 2.05) is 78.6 Å². The normalized spacial score (nSPS) is 16.0. The van der Waals surface area contributed by atoms with Crippen LogP contribution in [0.25, 0.3) is 43.1 Å². The molecule has 0 amide bonds. The summed E-state index contributed by atoms with van der Waals surface area (Å²) >= 11 is 15.2. The van der Waals surface area contributed by atoms with Gasteiger partial charge in [0.05, 0.1) is 0 Å². The number of hydrogen-bond donors (Lipinski definition) is 0. The fourth-order valence-corrected chi connectivity index (χ4v) is 10.3. The molecule has 15 rings (SSSR count). The molecule has 0 radical (unpaired) electrons. The summed E-state index contributed by atoms with van der Waals surface area (Å²) in [6.07, 6.45) is -1.43. The average molecular weight is 783 g/mol. The first-order chi connectivity index (χ1) is 28.6. The molecule has 0 aliphatic carbocycles. The largest absolute Gasteiger partial charge is 0.499 e. The molecule has 9 aromatic rings. The molecular weight excluding hydrogens is 765 g/mol. The second-order valence-electron chi connectivity index (χ2n) is 15.0. The summed E-state index contributed by atoms with van der Waals surface area (Å²) in [6.45, 7) is 0. The highest BCUT2D eigenvalue weighted by molar-refractivity contribution is 7.06. The Bertz CT molecular complexity index is 3980. The highest BCUT2D eigenvalue weighted by Gasteiger charge is 2.39. The Morgan fingerprint density at radius 1 is 0.310 bits per heavy atom. The zero-order valence-corrected chi connectivity index (χ0v) is 31.2. The van der Waals surface area contributed by atoms with Crippen molar-refractivity contribution in [3.63, 3.8) is 0 Å². The molecule has 0 saturated carbocycles. The smallest absolute Gasteiger partial charge is 0.319 e. The van der Waals surface area contributed by atoms with E-state index < -0.39 is 12.8 Å². The molecule has 8 bridgehead atoms. The Hall–Kier alpha value is -7.15. The number of fused-ring (bicyclic) bond motifs is 20. The number of rotatable bonds is 0. The van der Waals surface area contributed by atoms with Crippen molar-refractivity contribution < 1.29 is 0 Å². The van der Waals surface area contributed by atoms with E-state index >= 15 is 0 Å². The van der Waals surface area contributed by atoms with Crippen LogP contribution in [0, 0.1) is 0 Å². The SMILES string of the molecule is ClB1n2c3c4ccccc4c2N=c2c4ccccc4c(n21)=NC1=NC(=N3)c2cc3c4n5c(c3cc21)N=C1N=C(N=c2c3ccccc3c(n2B5Cl)=N4)c2ccccc21. The monoisotopic (exact) mass is 782 g/mol. The van der Waals surface area contributed by atoms with Crippen LogP contribution < -0.4 is 22.0 Å². The summed E-state index contributed by atoms with van der Waals surface area (Å²) < 4.78 is 7.95. The van der Waals surface area contributed by atoms with E-state index in [0.717, 1.165) is 76.6 Å². The molecule has 10 heterocycles. The summed E-state index contributed by atoms with van der Waals surface area (Å²) in [5, 5.41) is 7.31. The highest BCUT2D eigenvalue weighted by Crippen LogP contribution is 2.45. The van der Waals surface area contributed by atoms with Crippen LogP contribution in [0.4, 0.5) is 23.3 Å². The Kier molecular flexibility index (Phi) is 5.20. The maximum absolute atomic E-state index is 7.64. The van der Waals surface area contributed by atoms with Gasteiger partial charge in [-0.2, -0.15) is 0 Å². The predicted molar refractivity (Wildman–Crippen MR) is 228 cm³/mol. The fraction of sp³-hybridized carbons (Fsp3) is 0. The van der Waals surface area contributed by atoms with Crippen LogP contribution in [-0.4, -0.2) is 54.1 Å². The number of aliphatic imine (C=N–C) groups is 4. The van der Waals surface area contributed by atoms with Crippen molar-refractivity contribution >= 4 is 125 Å². The lowest BCUT2D eigenvalue weighted by Crippen LogP contribution is -2.45. The van der Waals surface area contributed by atoms with E-state index in [1.165, 1.54) is 0 Å². The van der Waals surface area contributed by atoms with Gasteiger partial charge in [-0.25, -0.2) is 39.9 Å². The summed E-state index contributed by atoms with van der Waals surface area (Å²) in [5.74, 6) is 4.85. The van der Waals surface area contributed by atoms with Crippen molar-refractivity contribution in [2.24, 2.45) is 39.9 Å². The van der Waals surface area contributed by atoms with Gasteiger partial charge in [0.2, 0.25) is 0 Å². The lowest BCUT2D eigenvalue weighted by atomic mass is 10.0. The van der Waals surface area contributed by atoms with Gasteiger partial charge in [-0.3, -0.25) is 0 Å². The molecule has 0 unspecified atom stereocenters. The second-order valence-corrected chi connectivity index (χ2v) is 15.8. The van der Waals surface area contributed by atoms with Crippen molar-refractivity contribution in [1.29, 1.82) is 0 Å². The highest BCUT2D eigenvalue weighted by atomic mass is 35.5. The standard InChI is InChI=1S/C42H18B2Cl2N12/c45-43-56-36-22-12-4-6-14-24(22)38(56)53-39-25-15-7-5-13-23(25)37(57(39)43)52-34-28-18-30-29(17-27(28)33(48-34)51-36)41-50-32-20-10-2-1-9-19(20)31(47-32)49-35-21-11-3-8-16-26(21)40-54-42(30)58(41)44(46)55(35)40/h1-18H. The van der Waals surface area contributed by atoms with Crippen LogP contribution in [0.15, 0.2) is 149 Å². The molecule has 0 N–H and O–H groups in total. The Labute approximate surface area is 335 Å². The van der Waals surface area contributed by atoms with Gasteiger partial charge in [-0.1, -0.05) is 97.1 Å². The van der Waals surface area contributed by atoms with E-state index in [9.17, 15) is 0 Å². The molecule has 0 spiro atoms. The summed E-state index contributed by atoms with van der Waals surface area (Å²) in [7, 11) is 0. The molecule has 58 heavy (non-hydrogen) atoms. The molecule has 5 aromatic carbocycles. The molecule has 6 aliphatic rings. The van der Waals surface area contributed by atoms with Gasteiger partial charge >= 0.3 is 12.8 Å². The molecule has 0 fully saturated rings. The number of nitrogens with zero attached hydrogens (tertiary/aromatic N) is 12. The predicted octanol–water partition coefficient (Wildman–Crippen LogP) is 6.22. The van der Waals surface area contributed by atoms with Gasteiger partial charge in [0.1, 0.15) is 45.2 Å². The zero-order chi connectivity index (χ0) is 37.7. The van der Waals surface area contributed by atoms with Crippen LogP contribution in [0.3, 0.4) is 0 Å². The van der Waals surface area contributed by atoms with Gasteiger partial charge in [0, 0.05) is 65.3 Å². The number of aromatic nitrogens is 4. The number of halogens is 2. The Balaban J connectivity index is 1.11.